The molecule has 0 heterocycles. The lowest BCUT2D eigenvalue weighted by Gasteiger charge is -2.10. The molecule has 1 saturated carbocycles. The van der Waals surface area contributed by atoms with Gasteiger partial charge in [-0.3, -0.25) is 9.59 Å². The van der Waals surface area contributed by atoms with Crippen LogP contribution < -0.4 is 10.6 Å². The van der Waals surface area contributed by atoms with Crippen molar-refractivity contribution in [3.8, 4) is 0 Å². The van der Waals surface area contributed by atoms with Crippen LogP contribution in [0.25, 0.3) is 0 Å². The summed E-state index contributed by atoms with van der Waals surface area (Å²) in [4.78, 5) is 24.4. The van der Waals surface area contributed by atoms with Crippen LogP contribution in [0, 0.1) is 5.92 Å². The SMILES string of the molecule is O=C(CCS(=O)(=O)c1ccc2c(c1)CCC2)Nc1cccc(NC(=O)C2CC2)c1. The van der Waals surface area contributed by atoms with Gasteiger partial charge in [0.25, 0.3) is 0 Å². The van der Waals surface area contributed by atoms with Gasteiger partial charge in [-0.15, -0.1) is 0 Å². The highest BCUT2D eigenvalue weighted by Crippen LogP contribution is 2.30. The van der Waals surface area contributed by atoms with Crippen LogP contribution in [0.4, 0.5) is 11.4 Å². The van der Waals surface area contributed by atoms with Crippen molar-refractivity contribution in [2.24, 2.45) is 5.92 Å². The Hall–Kier alpha value is -2.67. The summed E-state index contributed by atoms with van der Waals surface area (Å²) in [7, 11) is -3.51. The summed E-state index contributed by atoms with van der Waals surface area (Å²) in [6.45, 7) is 0. The second-order valence-corrected chi connectivity index (χ2v) is 9.85. The van der Waals surface area contributed by atoms with Crippen molar-refractivity contribution in [3.63, 3.8) is 0 Å². The van der Waals surface area contributed by atoms with Crippen LogP contribution in [-0.2, 0) is 32.3 Å². The lowest BCUT2D eigenvalue weighted by Crippen LogP contribution is -2.18. The van der Waals surface area contributed by atoms with E-state index in [4.69, 9.17) is 0 Å². The largest absolute Gasteiger partial charge is 0.326 e. The third-order valence-electron chi connectivity index (χ3n) is 5.39. The Morgan fingerprint density at radius 1 is 0.931 bits per heavy atom. The first-order chi connectivity index (χ1) is 13.9. The Balaban J connectivity index is 1.34. The summed E-state index contributed by atoms with van der Waals surface area (Å²) in [6.07, 6.45) is 4.67. The average molecular weight is 413 g/mol. The highest BCUT2D eigenvalue weighted by Gasteiger charge is 2.29. The minimum absolute atomic E-state index is 0.00563. The first-order valence-corrected chi connectivity index (χ1v) is 11.6. The first kappa shape index (κ1) is 19.6. The lowest BCUT2D eigenvalue weighted by molar-refractivity contribution is -0.117. The van der Waals surface area contributed by atoms with Gasteiger partial charge in [-0.2, -0.15) is 0 Å². The first-order valence-electron chi connectivity index (χ1n) is 9.96. The Morgan fingerprint density at radius 2 is 1.66 bits per heavy atom. The Morgan fingerprint density at radius 3 is 2.41 bits per heavy atom. The van der Waals surface area contributed by atoms with Crippen LogP contribution in [0.5, 0.6) is 0 Å². The second-order valence-electron chi connectivity index (χ2n) is 7.75. The van der Waals surface area contributed by atoms with Crippen LogP contribution in [0.15, 0.2) is 47.4 Å². The smallest absolute Gasteiger partial charge is 0.227 e. The molecule has 2 N–H and O–H groups in total. The second kappa shape index (κ2) is 7.99. The summed E-state index contributed by atoms with van der Waals surface area (Å²) in [5.41, 5.74) is 3.46. The predicted molar refractivity (Wildman–Crippen MR) is 112 cm³/mol. The van der Waals surface area contributed by atoms with Gasteiger partial charge in [0.2, 0.25) is 11.8 Å². The van der Waals surface area contributed by atoms with Crippen LogP contribution in [0.3, 0.4) is 0 Å². The Bertz CT molecular complexity index is 1060. The number of sulfone groups is 1. The number of aryl methyl sites for hydroxylation is 2. The van der Waals surface area contributed by atoms with Crippen LogP contribution in [0.1, 0.15) is 36.8 Å². The van der Waals surface area contributed by atoms with Crippen LogP contribution in [-0.4, -0.2) is 26.0 Å². The molecule has 2 aromatic rings. The van der Waals surface area contributed by atoms with E-state index >= 15 is 0 Å². The molecule has 2 aliphatic rings. The fourth-order valence-corrected chi connectivity index (χ4v) is 4.86. The number of carbonyl (C=O) groups excluding carboxylic acids is 2. The monoisotopic (exact) mass is 412 g/mol. The maximum absolute atomic E-state index is 12.6. The van der Waals surface area contributed by atoms with Gasteiger partial charge < -0.3 is 10.6 Å². The molecular formula is C22H24N2O4S. The van der Waals surface area contributed by atoms with Crippen molar-refractivity contribution in [2.45, 2.75) is 43.4 Å². The van der Waals surface area contributed by atoms with Gasteiger partial charge in [-0.05, 0) is 73.6 Å². The average Bonchev–Trinajstić information content (AvgIpc) is 3.44. The number of benzene rings is 2. The van der Waals surface area contributed by atoms with Gasteiger partial charge in [0, 0.05) is 23.7 Å². The highest BCUT2D eigenvalue weighted by molar-refractivity contribution is 7.91. The van der Waals surface area contributed by atoms with Crippen LogP contribution in [0.2, 0.25) is 0 Å². The molecule has 0 spiro atoms. The van der Waals surface area contributed by atoms with E-state index in [2.05, 4.69) is 10.6 Å². The number of fused-ring (bicyclic) bond motifs is 1. The quantitative estimate of drug-likeness (QED) is 0.730. The fourth-order valence-electron chi connectivity index (χ4n) is 3.57. The number of hydrogen-bond acceptors (Lipinski definition) is 4. The van der Waals surface area contributed by atoms with Gasteiger partial charge >= 0.3 is 0 Å². The van der Waals surface area contributed by atoms with Gasteiger partial charge in [0.15, 0.2) is 9.84 Å². The van der Waals surface area contributed by atoms with E-state index in [-0.39, 0.29) is 34.8 Å². The summed E-state index contributed by atoms with van der Waals surface area (Å²) < 4.78 is 25.2. The third kappa shape index (κ3) is 4.85. The molecule has 6 nitrogen and oxygen atoms in total. The maximum Gasteiger partial charge on any atom is 0.227 e. The molecule has 0 atom stereocenters. The van der Waals surface area contributed by atoms with Crippen molar-refractivity contribution in [3.05, 3.63) is 53.6 Å². The van der Waals surface area contributed by atoms with E-state index in [1.165, 1.54) is 5.56 Å². The molecule has 2 amide bonds. The third-order valence-corrected chi connectivity index (χ3v) is 7.10. The van der Waals surface area contributed by atoms with Crippen LogP contribution >= 0.6 is 0 Å². The molecule has 0 bridgehead atoms. The number of carbonyl (C=O) groups is 2. The van der Waals surface area contributed by atoms with E-state index in [0.29, 0.717) is 11.4 Å². The van der Waals surface area contributed by atoms with Crippen molar-refractivity contribution in [1.82, 2.24) is 0 Å². The zero-order chi connectivity index (χ0) is 20.4. The summed E-state index contributed by atoms with van der Waals surface area (Å²) in [5, 5.41) is 5.54. The number of anilines is 2. The topological polar surface area (TPSA) is 92.3 Å². The summed E-state index contributed by atoms with van der Waals surface area (Å²) >= 11 is 0. The molecule has 4 rings (SSSR count). The van der Waals surface area contributed by atoms with E-state index < -0.39 is 9.84 Å². The van der Waals surface area contributed by atoms with E-state index in [9.17, 15) is 18.0 Å². The van der Waals surface area contributed by atoms with E-state index in [1.54, 1.807) is 36.4 Å². The van der Waals surface area contributed by atoms with Gasteiger partial charge in [0.05, 0.1) is 10.6 Å². The molecule has 2 aromatic carbocycles. The molecule has 0 aliphatic heterocycles. The minimum Gasteiger partial charge on any atom is -0.326 e. The number of nitrogens with one attached hydrogen (secondary N) is 2. The number of amides is 2. The molecule has 1 fully saturated rings. The molecule has 0 unspecified atom stereocenters. The molecule has 29 heavy (non-hydrogen) atoms. The molecular weight excluding hydrogens is 388 g/mol. The van der Waals surface area contributed by atoms with Crippen molar-refractivity contribution in [2.75, 3.05) is 16.4 Å². The zero-order valence-corrected chi connectivity index (χ0v) is 16.9. The lowest BCUT2D eigenvalue weighted by atomic mass is 10.1. The van der Waals surface area contributed by atoms with Gasteiger partial charge in [0.1, 0.15) is 0 Å². The number of rotatable bonds is 7. The summed E-state index contributed by atoms with van der Waals surface area (Å²) in [5.74, 6) is -0.526. The normalized spacial score (nSPS) is 15.6. The highest BCUT2D eigenvalue weighted by atomic mass is 32.2. The molecule has 0 radical (unpaired) electrons. The van der Waals surface area contributed by atoms with Gasteiger partial charge in [-0.25, -0.2) is 8.42 Å². The predicted octanol–water partition coefficient (Wildman–Crippen LogP) is 3.33. The van der Waals surface area contributed by atoms with E-state index in [1.807, 2.05) is 6.07 Å². The van der Waals surface area contributed by atoms with E-state index in [0.717, 1.165) is 37.7 Å². The van der Waals surface area contributed by atoms with Crippen molar-refractivity contribution < 1.29 is 18.0 Å². The molecule has 0 aromatic heterocycles. The molecule has 2 aliphatic carbocycles. The molecule has 152 valence electrons. The molecule has 7 heteroatoms. The van der Waals surface area contributed by atoms with Crippen molar-refractivity contribution in [1.29, 1.82) is 0 Å². The maximum atomic E-state index is 12.6. The standard InChI is InChI=1S/C22H24N2O4S/c25-21(23-18-5-2-6-19(14-18)24-22(26)16-7-8-16)11-12-29(27,28)20-10-9-15-3-1-4-17(15)13-20/h2,5-6,9-10,13-14,16H,1,3-4,7-8,11-12H2,(H,23,25)(H,24,26). The fraction of sp³-hybridized carbons (Fsp3) is 0.364. The molecule has 0 saturated heterocycles. The summed E-state index contributed by atoms with van der Waals surface area (Å²) in [6, 6.07) is 12.2. The Labute approximate surface area is 170 Å². The number of hydrogen-bond donors (Lipinski definition) is 2. The van der Waals surface area contributed by atoms with Gasteiger partial charge in [-0.1, -0.05) is 12.1 Å². The zero-order valence-electron chi connectivity index (χ0n) is 16.1. The Kier molecular flexibility index (Phi) is 5.41. The minimum atomic E-state index is -3.51. The van der Waals surface area contributed by atoms with Crippen molar-refractivity contribution >= 4 is 33.0 Å².